The number of primary amides is 1. The van der Waals surface area contributed by atoms with E-state index >= 15 is 0 Å². The Kier molecular flexibility index (Phi) is 5.81. The average Bonchev–Trinajstić information content (AvgIpc) is 3.10. The average molecular weight is 334 g/mol. The lowest BCUT2D eigenvalue weighted by Gasteiger charge is -2.36. The minimum atomic E-state index is -0.193. The van der Waals surface area contributed by atoms with Crippen LogP contribution in [0.4, 0.5) is 0 Å². The monoisotopic (exact) mass is 334 g/mol. The van der Waals surface area contributed by atoms with Crippen molar-refractivity contribution in [2.45, 2.75) is 76.8 Å². The fourth-order valence-electron chi connectivity index (χ4n) is 4.26. The molecule has 2 fully saturated rings. The number of nitrogens with zero attached hydrogens (tertiary/aromatic N) is 5. The minimum absolute atomic E-state index is 0.193. The number of tetrazole rings is 1. The van der Waals surface area contributed by atoms with Gasteiger partial charge in [0.1, 0.15) is 0 Å². The van der Waals surface area contributed by atoms with Gasteiger partial charge in [-0.1, -0.05) is 19.3 Å². The van der Waals surface area contributed by atoms with Crippen molar-refractivity contribution in [1.82, 2.24) is 25.1 Å². The molecule has 1 aromatic heterocycles. The van der Waals surface area contributed by atoms with Gasteiger partial charge in [-0.15, -0.1) is 5.10 Å². The van der Waals surface area contributed by atoms with Crippen molar-refractivity contribution in [2.24, 2.45) is 11.7 Å². The molecule has 2 heterocycles. The Morgan fingerprint density at radius 2 is 2.04 bits per heavy atom. The third-order valence-corrected chi connectivity index (χ3v) is 5.71. The molecule has 0 bridgehead atoms. The van der Waals surface area contributed by atoms with Crippen LogP contribution < -0.4 is 5.73 Å². The van der Waals surface area contributed by atoms with Crippen molar-refractivity contribution < 1.29 is 4.79 Å². The van der Waals surface area contributed by atoms with Gasteiger partial charge in [0.25, 0.3) is 0 Å². The van der Waals surface area contributed by atoms with Crippen molar-refractivity contribution in [1.29, 1.82) is 0 Å². The SMILES string of the molecule is C[C@H](c1nnnn1C1CCCCC1)N1CCC[C@@H](CCC(N)=O)C1. The van der Waals surface area contributed by atoms with Crippen LogP contribution in [-0.4, -0.2) is 44.1 Å². The molecule has 1 aromatic rings. The summed E-state index contributed by atoms with van der Waals surface area (Å²) in [5.41, 5.74) is 5.30. The third-order valence-electron chi connectivity index (χ3n) is 5.71. The molecular weight excluding hydrogens is 304 g/mol. The summed E-state index contributed by atoms with van der Waals surface area (Å²) in [6, 6.07) is 0.681. The molecule has 1 saturated carbocycles. The maximum absolute atomic E-state index is 11.0. The van der Waals surface area contributed by atoms with Gasteiger partial charge in [0.15, 0.2) is 5.82 Å². The second kappa shape index (κ2) is 8.05. The minimum Gasteiger partial charge on any atom is -0.370 e. The highest BCUT2D eigenvalue weighted by atomic mass is 16.1. The quantitative estimate of drug-likeness (QED) is 0.861. The summed E-state index contributed by atoms with van der Waals surface area (Å²) in [5, 5.41) is 12.6. The molecule has 1 aliphatic carbocycles. The fourth-order valence-corrected chi connectivity index (χ4v) is 4.26. The fraction of sp³-hybridized carbons (Fsp3) is 0.882. The first-order valence-electron chi connectivity index (χ1n) is 9.45. The van der Waals surface area contributed by atoms with Gasteiger partial charge in [0.2, 0.25) is 5.91 Å². The summed E-state index contributed by atoms with van der Waals surface area (Å²) >= 11 is 0. The van der Waals surface area contributed by atoms with Crippen LogP contribution in [0.3, 0.4) is 0 Å². The second-order valence-electron chi connectivity index (χ2n) is 7.46. The van der Waals surface area contributed by atoms with E-state index in [4.69, 9.17) is 5.73 Å². The predicted molar refractivity (Wildman–Crippen MR) is 91.1 cm³/mol. The molecule has 0 aromatic carbocycles. The Balaban J connectivity index is 1.64. The molecule has 24 heavy (non-hydrogen) atoms. The van der Waals surface area contributed by atoms with E-state index in [0.717, 1.165) is 25.3 Å². The molecule has 134 valence electrons. The summed E-state index contributed by atoms with van der Waals surface area (Å²) in [6.45, 7) is 4.29. The Morgan fingerprint density at radius 3 is 2.79 bits per heavy atom. The number of amides is 1. The molecule has 2 aliphatic rings. The molecule has 1 aliphatic heterocycles. The van der Waals surface area contributed by atoms with Gasteiger partial charge in [-0.05, 0) is 61.9 Å². The highest BCUT2D eigenvalue weighted by Gasteiger charge is 2.29. The zero-order valence-corrected chi connectivity index (χ0v) is 14.7. The van der Waals surface area contributed by atoms with Crippen LogP contribution in [0.25, 0.3) is 0 Å². The molecule has 1 saturated heterocycles. The molecule has 7 nitrogen and oxygen atoms in total. The molecular formula is C17H30N6O. The number of carbonyl (C=O) groups excluding carboxylic acids is 1. The van der Waals surface area contributed by atoms with E-state index in [0.29, 0.717) is 18.4 Å². The molecule has 7 heteroatoms. The lowest BCUT2D eigenvalue weighted by atomic mass is 9.92. The van der Waals surface area contributed by atoms with Gasteiger partial charge >= 0.3 is 0 Å². The molecule has 2 N–H and O–H groups in total. The molecule has 0 unspecified atom stereocenters. The second-order valence-corrected chi connectivity index (χ2v) is 7.46. The van der Waals surface area contributed by atoms with Crippen LogP contribution in [0, 0.1) is 5.92 Å². The van der Waals surface area contributed by atoms with Crippen LogP contribution in [0.1, 0.15) is 82.6 Å². The first-order valence-corrected chi connectivity index (χ1v) is 9.45. The van der Waals surface area contributed by atoms with Crippen LogP contribution in [-0.2, 0) is 4.79 Å². The maximum Gasteiger partial charge on any atom is 0.217 e. The lowest BCUT2D eigenvalue weighted by Crippen LogP contribution is -2.39. The molecule has 1 amide bonds. The smallest absolute Gasteiger partial charge is 0.217 e. The van der Waals surface area contributed by atoms with E-state index in [1.807, 2.05) is 0 Å². The van der Waals surface area contributed by atoms with Crippen molar-refractivity contribution in [3.05, 3.63) is 5.82 Å². The molecule has 2 atom stereocenters. The topological polar surface area (TPSA) is 89.9 Å². The third kappa shape index (κ3) is 4.12. The number of hydrogen-bond acceptors (Lipinski definition) is 5. The van der Waals surface area contributed by atoms with Crippen molar-refractivity contribution in [2.75, 3.05) is 13.1 Å². The van der Waals surface area contributed by atoms with E-state index in [2.05, 4.69) is 32.0 Å². The summed E-state index contributed by atoms with van der Waals surface area (Å²) < 4.78 is 2.08. The summed E-state index contributed by atoms with van der Waals surface area (Å²) in [6.07, 6.45) is 9.99. The van der Waals surface area contributed by atoms with Gasteiger partial charge < -0.3 is 5.73 Å². The largest absolute Gasteiger partial charge is 0.370 e. The van der Waals surface area contributed by atoms with Gasteiger partial charge in [-0.25, -0.2) is 4.68 Å². The van der Waals surface area contributed by atoms with Gasteiger partial charge in [-0.2, -0.15) is 0 Å². The standard InChI is InChI=1S/C17H30N6O/c1-13(22-11-5-6-14(12-22)9-10-16(18)24)17-19-20-21-23(17)15-7-3-2-4-8-15/h13-15H,2-12H2,1H3,(H2,18,24)/t13-,14+/m1/s1. The van der Waals surface area contributed by atoms with E-state index in [-0.39, 0.29) is 11.9 Å². The molecule has 0 radical (unpaired) electrons. The number of hydrogen-bond donors (Lipinski definition) is 1. The van der Waals surface area contributed by atoms with E-state index in [1.54, 1.807) is 0 Å². The van der Waals surface area contributed by atoms with Gasteiger partial charge in [0.05, 0.1) is 12.1 Å². The summed E-state index contributed by atoms with van der Waals surface area (Å²) in [7, 11) is 0. The van der Waals surface area contributed by atoms with Gasteiger partial charge in [-0.3, -0.25) is 9.69 Å². The van der Waals surface area contributed by atoms with Crippen LogP contribution in [0.2, 0.25) is 0 Å². The van der Waals surface area contributed by atoms with Crippen LogP contribution in [0.15, 0.2) is 0 Å². The number of rotatable bonds is 6. The Hall–Kier alpha value is -1.50. The lowest BCUT2D eigenvalue weighted by molar-refractivity contribution is -0.118. The van der Waals surface area contributed by atoms with E-state index in [1.165, 1.54) is 44.9 Å². The number of aromatic nitrogens is 4. The Bertz CT molecular complexity index is 539. The molecule has 0 spiro atoms. The maximum atomic E-state index is 11.0. The zero-order valence-electron chi connectivity index (χ0n) is 14.7. The van der Waals surface area contributed by atoms with E-state index < -0.39 is 0 Å². The highest BCUT2D eigenvalue weighted by molar-refractivity contribution is 5.73. The van der Waals surface area contributed by atoms with Crippen molar-refractivity contribution in [3.8, 4) is 0 Å². The van der Waals surface area contributed by atoms with Crippen molar-refractivity contribution >= 4 is 5.91 Å². The van der Waals surface area contributed by atoms with Gasteiger partial charge in [0, 0.05) is 13.0 Å². The number of piperidine rings is 1. The van der Waals surface area contributed by atoms with Crippen LogP contribution in [0.5, 0.6) is 0 Å². The first kappa shape index (κ1) is 17.3. The normalized spacial score (nSPS) is 24.8. The molecule has 3 rings (SSSR count). The first-order chi connectivity index (χ1) is 11.6. The predicted octanol–water partition coefficient (Wildman–Crippen LogP) is 2.22. The summed E-state index contributed by atoms with van der Waals surface area (Å²) in [5.74, 6) is 1.35. The van der Waals surface area contributed by atoms with Crippen LogP contribution >= 0.6 is 0 Å². The number of likely N-dealkylation sites (tertiary alicyclic amines) is 1. The summed E-state index contributed by atoms with van der Waals surface area (Å²) in [4.78, 5) is 13.5. The van der Waals surface area contributed by atoms with Crippen molar-refractivity contribution in [3.63, 3.8) is 0 Å². The van der Waals surface area contributed by atoms with E-state index in [9.17, 15) is 4.79 Å². The number of carbonyl (C=O) groups is 1. The Morgan fingerprint density at radius 1 is 1.25 bits per heavy atom. The number of nitrogens with two attached hydrogens (primary N) is 1. The Labute approximate surface area is 144 Å². The zero-order chi connectivity index (χ0) is 16.9. The highest BCUT2D eigenvalue weighted by Crippen LogP contribution is 2.32.